The van der Waals surface area contributed by atoms with E-state index in [1.165, 1.54) is 13.0 Å². The average Bonchev–Trinajstić information content (AvgIpc) is 2.37. The summed E-state index contributed by atoms with van der Waals surface area (Å²) < 4.78 is 18.1. The molecule has 0 saturated carbocycles. The van der Waals surface area contributed by atoms with Gasteiger partial charge in [-0.3, -0.25) is 4.79 Å². The summed E-state index contributed by atoms with van der Waals surface area (Å²) in [5, 5.41) is 11.1. The number of carbonyl (C=O) groups is 2. The molecule has 0 aromatic heterocycles. The van der Waals surface area contributed by atoms with Crippen molar-refractivity contribution in [1.29, 1.82) is 0 Å². The van der Waals surface area contributed by atoms with Gasteiger partial charge in [0.1, 0.15) is 12.4 Å². The number of aryl methyl sites for hydroxylation is 1. The number of aliphatic carboxylic acids is 1. The second-order valence-corrected chi connectivity index (χ2v) is 4.15. The van der Waals surface area contributed by atoms with Crippen molar-refractivity contribution < 1.29 is 23.8 Å². The number of ether oxygens (including phenoxy) is 1. The zero-order valence-electron chi connectivity index (χ0n) is 10.8. The number of carboxylic acid groups (broad SMARTS) is 1. The van der Waals surface area contributed by atoms with Crippen LogP contribution in [0.15, 0.2) is 18.2 Å². The van der Waals surface area contributed by atoms with Gasteiger partial charge in [0, 0.05) is 6.54 Å². The second-order valence-electron chi connectivity index (χ2n) is 4.15. The Morgan fingerprint density at radius 2 is 2.16 bits per heavy atom. The van der Waals surface area contributed by atoms with E-state index in [2.05, 4.69) is 5.32 Å². The maximum atomic E-state index is 13.2. The third kappa shape index (κ3) is 5.05. The Kier molecular flexibility index (Phi) is 5.44. The van der Waals surface area contributed by atoms with E-state index < -0.39 is 18.0 Å². The Hall–Kier alpha value is -1.95. The number of benzene rings is 1. The predicted octanol–water partition coefficient (Wildman–Crippen LogP) is 1.24. The van der Waals surface area contributed by atoms with Crippen molar-refractivity contribution in [3.05, 3.63) is 35.1 Å². The van der Waals surface area contributed by atoms with Crippen molar-refractivity contribution in [3.63, 3.8) is 0 Å². The normalized spacial score (nSPS) is 11.9. The lowest BCUT2D eigenvalue weighted by Gasteiger charge is -2.09. The quantitative estimate of drug-likeness (QED) is 0.814. The van der Waals surface area contributed by atoms with Gasteiger partial charge in [0.2, 0.25) is 5.91 Å². The lowest BCUT2D eigenvalue weighted by atomic mass is 10.1. The molecule has 0 aliphatic rings. The SMILES string of the molecule is Cc1ccc(CNC(=O)COC(C)C(=O)O)cc1F. The molecular formula is C13H16FNO4. The summed E-state index contributed by atoms with van der Waals surface area (Å²) in [6, 6.07) is 4.68. The van der Waals surface area contributed by atoms with Gasteiger partial charge in [-0.25, -0.2) is 9.18 Å². The summed E-state index contributed by atoms with van der Waals surface area (Å²) >= 11 is 0. The van der Waals surface area contributed by atoms with Crippen LogP contribution in [0.2, 0.25) is 0 Å². The summed E-state index contributed by atoms with van der Waals surface area (Å²) in [6.45, 7) is 2.81. The maximum absolute atomic E-state index is 13.2. The zero-order valence-corrected chi connectivity index (χ0v) is 10.8. The highest BCUT2D eigenvalue weighted by atomic mass is 19.1. The molecule has 0 heterocycles. The van der Waals surface area contributed by atoms with Crippen molar-refractivity contribution in [2.45, 2.75) is 26.5 Å². The lowest BCUT2D eigenvalue weighted by molar-refractivity contribution is -0.150. The third-order valence-electron chi connectivity index (χ3n) is 2.54. The minimum absolute atomic E-state index is 0.168. The molecule has 0 spiro atoms. The fourth-order valence-electron chi connectivity index (χ4n) is 1.27. The molecule has 0 aliphatic carbocycles. The number of rotatable bonds is 6. The van der Waals surface area contributed by atoms with Crippen LogP contribution in [0.4, 0.5) is 4.39 Å². The molecule has 19 heavy (non-hydrogen) atoms. The minimum Gasteiger partial charge on any atom is -0.479 e. The summed E-state index contributed by atoms with van der Waals surface area (Å²) in [4.78, 5) is 21.8. The van der Waals surface area contributed by atoms with Crippen LogP contribution in [0.25, 0.3) is 0 Å². The van der Waals surface area contributed by atoms with Crippen LogP contribution >= 0.6 is 0 Å². The highest BCUT2D eigenvalue weighted by molar-refractivity contribution is 5.78. The van der Waals surface area contributed by atoms with Gasteiger partial charge in [0.05, 0.1) is 0 Å². The summed E-state index contributed by atoms with van der Waals surface area (Å²) in [7, 11) is 0. The van der Waals surface area contributed by atoms with Crippen molar-refractivity contribution in [2.24, 2.45) is 0 Å². The fourth-order valence-corrected chi connectivity index (χ4v) is 1.27. The van der Waals surface area contributed by atoms with Gasteiger partial charge < -0.3 is 15.2 Å². The Bertz CT molecular complexity index is 476. The summed E-state index contributed by atoms with van der Waals surface area (Å²) in [6.07, 6.45) is -1.04. The molecule has 0 aliphatic heterocycles. The first kappa shape index (κ1) is 15.1. The molecule has 1 aromatic rings. The Balaban J connectivity index is 2.37. The molecule has 1 rings (SSSR count). The summed E-state index contributed by atoms with van der Waals surface area (Å²) in [5.41, 5.74) is 1.16. The molecule has 1 aromatic carbocycles. The maximum Gasteiger partial charge on any atom is 0.332 e. The number of amides is 1. The first-order valence-corrected chi connectivity index (χ1v) is 5.76. The Labute approximate surface area is 110 Å². The largest absolute Gasteiger partial charge is 0.479 e. The van der Waals surface area contributed by atoms with E-state index >= 15 is 0 Å². The van der Waals surface area contributed by atoms with Gasteiger partial charge in [-0.15, -0.1) is 0 Å². The minimum atomic E-state index is -1.13. The van der Waals surface area contributed by atoms with Crippen LogP contribution in [0.5, 0.6) is 0 Å². The zero-order chi connectivity index (χ0) is 14.4. The van der Waals surface area contributed by atoms with Crippen LogP contribution < -0.4 is 5.32 Å². The predicted molar refractivity (Wildman–Crippen MR) is 66.0 cm³/mol. The number of hydrogen-bond acceptors (Lipinski definition) is 3. The van der Waals surface area contributed by atoms with E-state index in [0.29, 0.717) is 11.1 Å². The first-order chi connectivity index (χ1) is 8.90. The van der Waals surface area contributed by atoms with Crippen molar-refractivity contribution >= 4 is 11.9 Å². The Morgan fingerprint density at radius 1 is 1.47 bits per heavy atom. The summed E-state index contributed by atoms with van der Waals surface area (Å²) in [5.74, 6) is -1.91. The van der Waals surface area contributed by atoms with E-state index in [9.17, 15) is 14.0 Å². The number of hydrogen-bond donors (Lipinski definition) is 2. The van der Waals surface area contributed by atoms with Gasteiger partial charge >= 0.3 is 5.97 Å². The molecule has 5 nitrogen and oxygen atoms in total. The van der Waals surface area contributed by atoms with E-state index in [-0.39, 0.29) is 19.0 Å². The van der Waals surface area contributed by atoms with Crippen LogP contribution in [-0.2, 0) is 20.9 Å². The van der Waals surface area contributed by atoms with Crippen molar-refractivity contribution in [3.8, 4) is 0 Å². The molecule has 1 amide bonds. The van der Waals surface area contributed by atoms with Gasteiger partial charge in [-0.05, 0) is 31.0 Å². The van der Waals surface area contributed by atoms with Gasteiger partial charge in [-0.1, -0.05) is 12.1 Å². The molecule has 104 valence electrons. The molecule has 0 saturated heterocycles. The topological polar surface area (TPSA) is 75.6 Å². The van der Waals surface area contributed by atoms with E-state index in [4.69, 9.17) is 9.84 Å². The molecule has 1 atom stereocenters. The average molecular weight is 269 g/mol. The monoisotopic (exact) mass is 269 g/mol. The van der Waals surface area contributed by atoms with Gasteiger partial charge in [0.15, 0.2) is 6.10 Å². The number of nitrogens with one attached hydrogen (secondary N) is 1. The number of halogens is 1. The Morgan fingerprint density at radius 3 is 2.74 bits per heavy atom. The first-order valence-electron chi connectivity index (χ1n) is 5.76. The van der Waals surface area contributed by atoms with Gasteiger partial charge in [-0.2, -0.15) is 0 Å². The van der Waals surface area contributed by atoms with Crippen molar-refractivity contribution in [1.82, 2.24) is 5.32 Å². The van der Waals surface area contributed by atoms with E-state index in [0.717, 1.165) is 0 Å². The number of carboxylic acids is 1. The van der Waals surface area contributed by atoms with Crippen LogP contribution in [0.1, 0.15) is 18.1 Å². The third-order valence-corrected chi connectivity index (χ3v) is 2.54. The standard InChI is InChI=1S/C13H16FNO4/c1-8-3-4-10(5-11(8)14)6-15-12(16)7-19-9(2)13(17)18/h3-5,9H,6-7H2,1-2H3,(H,15,16)(H,17,18). The number of carbonyl (C=O) groups excluding carboxylic acids is 1. The van der Waals surface area contributed by atoms with Crippen LogP contribution in [0.3, 0.4) is 0 Å². The van der Waals surface area contributed by atoms with Crippen molar-refractivity contribution in [2.75, 3.05) is 6.61 Å². The molecule has 0 radical (unpaired) electrons. The molecule has 2 N–H and O–H groups in total. The molecule has 1 unspecified atom stereocenters. The molecule has 6 heteroatoms. The fraction of sp³-hybridized carbons (Fsp3) is 0.385. The van der Waals surface area contributed by atoms with Gasteiger partial charge in [0.25, 0.3) is 0 Å². The van der Waals surface area contributed by atoms with E-state index in [1.807, 2.05) is 0 Å². The van der Waals surface area contributed by atoms with E-state index in [1.54, 1.807) is 19.1 Å². The smallest absolute Gasteiger partial charge is 0.332 e. The highest BCUT2D eigenvalue weighted by Gasteiger charge is 2.13. The van der Waals surface area contributed by atoms with Crippen LogP contribution in [0, 0.1) is 12.7 Å². The molecular weight excluding hydrogens is 253 g/mol. The highest BCUT2D eigenvalue weighted by Crippen LogP contribution is 2.08. The second kappa shape index (κ2) is 6.84. The lowest BCUT2D eigenvalue weighted by Crippen LogP contribution is -2.31. The molecule has 0 bridgehead atoms. The molecule has 0 fully saturated rings. The van der Waals surface area contributed by atoms with Crippen LogP contribution in [-0.4, -0.2) is 29.7 Å².